The second kappa shape index (κ2) is 6.51. The first-order valence-corrected chi connectivity index (χ1v) is 8.46. The number of aromatic nitrogens is 6. The van der Waals surface area contributed by atoms with Crippen LogP contribution in [-0.2, 0) is 13.0 Å². The van der Waals surface area contributed by atoms with Crippen LogP contribution in [0.1, 0.15) is 35.6 Å². The van der Waals surface area contributed by atoms with Gasteiger partial charge in [-0.3, -0.25) is 4.79 Å². The Morgan fingerprint density at radius 3 is 2.65 bits per heavy atom. The first-order valence-electron chi connectivity index (χ1n) is 8.46. The Kier molecular flexibility index (Phi) is 4.04. The lowest BCUT2D eigenvalue weighted by Crippen LogP contribution is -2.06. The molecule has 130 valence electrons. The van der Waals surface area contributed by atoms with Crippen molar-refractivity contribution in [2.24, 2.45) is 0 Å². The molecule has 0 radical (unpaired) electrons. The molecule has 0 aliphatic rings. The summed E-state index contributed by atoms with van der Waals surface area (Å²) in [5.74, 6) is 1.33. The molecule has 0 aliphatic heterocycles. The highest BCUT2D eigenvalue weighted by molar-refractivity contribution is 5.94. The van der Waals surface area contributed by atoms with Gasteiger partial charge < -0.3 is 8.97 Å². The summed E-state index contributed by atoms with van der Waals surface area (Å²) in [5, 5.41) is 0. The maximum atomic E-state index is 11.7. The van der Waals surface area contributed by atoms with Gasteiger partial charge in [-0.1, -0.05) is 6.92 Å². The van der Waals surface area contributed by atoms with Crippen molar-refractivity contribution in [3.8, 4) is 11.6 Å². The van der Waals surface area contributed by atoms with Crippen LogP contribution in [0.5, 0.6) is 0 Å². The van der Waals surface area contributed by atoms with Crippen LogP contribution < -0.4 is 0 Å². The van der Waals surface area contributed by atoms with E-state index in [1.165, 1.54) is 0 Å². The number of carbonyl (C=O) groups excluding carboxylic acids is 1. The molecule has 0 bridgehead atoms. The fourth-order valence-electron chi connectivity index (χ4n) is 3.07. The fourth-order valence-corrected chi connectivity index (χ4v) is 3.07. The number of pyridine rings is 1. The molecular formula is C19H18N6O. The molecule has 4 aromatic rings. The highest BCUT2D eigenvalue weighted by Crippen LogP contribution is 2.19. The standard InChI is InChI=1S/C19H18N6O/c1-3-16-15(23-17-6-5-14(13(2)26)11-25(16)17)12-24-10-9-22-19(24)18-20-7-4-8-21-18/h4-11H,3,12H2,1-2H3. The molecule has 7 heteroatoms. The molecule has 4 rings (SSSR count). The second-order valence-corrected chi connectivity index (χ2v) is 6.01. The van der Waals surface area contributed by atoms with Gasteiger partial charge in [0.15, 0.2) is 17.4 Å². The first kappa shape index (κ1) is 16.1. The monoisotopic (exact) mass is 346 g/mol. The predicted octanol–water partition coefficient (Wildman–Crippen LogP) is 2.80. The minimum Gasteiger partial charge on any atom is -0.322 e. The number of nitrogens with zero attached hydrogens (tertiary/aromatic N) is 6. The molecule has 0 saturated carbocycles. The molecule has 0 aromatic carbocycles. The quantitative estimate of drug-likeness (QED) is 0.519. The third-order valence-corrected chi connectivity index (χ3v) is 4.34. The zero-order chi connectivity index (χ0) is 18.1. The van der Waals surface area contributed by atoms with E-state index in [1.807, 2.05) is 33.5 Å². The fraction of sp³-hybridized carbons (Fsp3) is 0.211. The Bertz CT molecular complexity index is 1080. The van der Waals surface area contributed by atoms with Crippen LogP contribution in [-0.4, -0.2) is 34.7 Å². The molecule has 0 spiro atoms. The van der Waals surface area contributed by atoms with Crippen LogP contribution in [0.15, 0.2) is 49.2 Å². The smallest absolute Gasteiger partial charge is 0.195 e. The molecule has 0 saturated heterocycles. The summed E-state index contributed by atoms with van der Waals surface area (Å²) in [6.45, 7) is 4.22. The van der Waals surface area contributed by atoms with E-state index in [0.29, 0.717) is 23.8 Å². The van der Waals surface area contributed by atoms with E-state index in [0.717, 1.165) is 23.5 Å². The summed E-state index contributed by atoms with van der Waals surface area (Å²) in [4.78, 5) is 29.4. The van der Waals surface area contributed by atoms with Crippen LogP contribution in [0, 0.1) is 0 Å². The largest absolute Gasteiger partial charge is 0.322 e. The summed E-state index contributed by atoms with van der Waals surface area (Å²) >= 11 is 0. The van der Waals surface area contributed by atoms with Crippen molar-refractivity contribution in [1.29, 1.82) is 0 Å². The van der Waals surface area contributed by atoms with Gasteiger partial charge in [-0.2, -0.15) is 0 Å². The normalized spacial score (nSPS) is 11.2. The van der Waals surface area contributed by atoms with E-state index in [9.17, 15) is 4.79 Å². The number of ketones is 1. The van der Waals surface area contributed by atoms with E-state index in [4.69, 9.17) is 4.98 Å². The molecule has 0 amide bonds. The maximum Gasteiger partial charge on any atom is 0.195 e. The van der Waals surface area contributed by atoms with Gasteiger partial charge >= 0.3 is 0 Å². The number of rotatable bonds is 5. The van der Waals surface area contributed by atoms with Crippen LogP contribution in [0.4, 0.5) is 0 Å². The van der Waals surface area contributed by atoms with Gasteiger partial charge in [-0.25, -0.2) is 19.9 Å². The Balaban J connectivity index is 1.77. The van der Waals surface area contributed by atoms with E-state index in [1.54, 1.807) is 31.6 Å². The Hall–Kier alpha value is -3.35. The molecule has 4 aromatic heterocycles. The molecule has 0 atom stereocenters. The third kappa shape index (κ3) is 2.77. The molecule has 0 aliphatic carbocycles. The van der Waals surface area contributed by atoms with Crippen LogP contribution in [0.2, 0.25) is 0 Å². The summed E-state index contributed by atoms with van der Waals surface area (Å²) < 4.78 is 3.99. The van der Waals surface area contributed by atoms with Gasteiger partial charge in [0.1, 0.15) is 5.65 Å². The van der Waals surface area contributed by atoms with E-state index in [-0.39, 0.29) is 5.78 Å². The lowest BCUT2D eigenvalue weighted by atomic mass is 10.2. The topological polar surface area (TPSA) is 78.0 Å². The van der Waals surface area contributed by atoms with E-state index < -0.39 is 0 Å². The number of aryl methyl sites for hydroxylation is 1. The minimum absolute atomic E-state index is 0.0438. The highest BCUT2D eigenvalue weighted by Gasteiger charge is 2.15. The zero-order valence-electron chi connectivity index (χ0n) is 14.6. The average molecular weight is 346 g/mol. The minimum atomic E-state index is 0.0438. The van der Waals surface area contributed by atoms with Gasteiger partial charge in [-0.05, 0) is 31.5 Å². The molecular weight excluding hydrogens is 328 g/mol. The second-order valence-electron chi connectivity index (χ2n) is 6.01. The molecule has 7 nitrogen and oxygen atoms in total. The number of hydrogen-bond donors (Lipinski definition) is 0. The Labute approximate surface area is 150 Å². The van der Waals surface area contributed by atoms with Gasteiger partial charge in [0, 0.05) is 42.2 Å². The van der Waals surface area contributed by atoms with Gasteiger partial charge in [0.2, 0.25) is 0 Å². The highest BCUT2D eigenvalue weighted by atomic mass is 16.1. The van der Waals surface area contributed by atoms with Crippen molar-refractivity contribution in [2.75, 3.05) is 0 Å². The number of Topliss-reactive ketones (excluding diaryl/α,β-unsaturated/α-hetero) is 1. The van der Waals surface area contributed by atoms with Crippen molar-refractivity contribution in [2.45, 2.75) is 26.8 Å². The summed E-state index contributed by atoms with van der Waals surface area (Å²) in [6, 6.07) is 5.48. The average Bonchev–Trinajstić information content (AvgIpc) is 3.25. The van der Waals surface area contributed by atoms with Gasteiger partial charge in [0.25, 0.3) is 0 Å². The Morgan fingerprint density at radius 2 is 1.92 bits per heavy atom. The Morgan fingerprint density at radius 1 is 1.12 bits per heavy atom. The molecule has 0 fully saturated rings. The van der Waals surface area contributed by atoms with Crippen LogP contribution >= 0.6 is 0 Å². The lowest BCUT2D eigenvalue weighted by Gasteiger charge is -2.07. The van der Waals surface area contributed by atoms with Gasteiger partial charge in [-0.15, -0.1) is 0 Å². The molecule has 0 N–H and O–H groups in total. The van der Waals surface area contributed by atoms with Crippen molar-refractivity contribution < 1.29 is 4.79 Å². The lowest BCUT2D eigenvalue weighted by molar-refractivity contribution is 0.101. The molecule has 26 heavy (non-hydrogen) atoms. The number of hydrogen-bond acceptors (Lipinski definition) is 5. The predicted molar refractivity (Wildman–Crippen MR) is 96.9 cm³/mol. The third-order valence-electron chi connectivity index (χ3n) is 4.34. The van der Waals surface area contributed by atoms with Crippen molar-refractivity contribution >= 4 is 11.4 Å². The van der Waals surface area contributed by atoms with E-state index >= 15 is 0 Å². The van der Waals surface area contributed by atoms with Crippen molar-refractivity contribution in [3.05, 3.63) is 66.1 Å². The van der Waals surface area contributed by atoms with Crippen molar-refractivity contribution in [1.82, 2.24) is 28.9 Å². The van der Waals surface area contributed by atoms with Crippen LogP contribution in [0.3, 0.4) is 0 Å². The summed E-state index contributed by atoms with van der Waals surface area (Å²) in [6.07, 6.45) is 9.71. The number of imidazole rings is 2. The number of carbonyl (C=O) groups is 1. The van der Waals surface area contributed by atoms with Crippen LogP contribution in [0.25, 0.3) is 17.3 Å². The zero-order valence-corrected chi connectivity index (χ0v) is 14.6. The molecule has 0 unspecified atom stereocenters. The van der Waals surface area contributed by atoms with Crippen molar-refractivity contribution in [3.63, 3.8) is 0 Å². The first-order chi connectivity index (χ1) is 12.7. The SMILES string of the molecule is CCc1c(Cn2ccnc2-c2ncccn2)nc2ccc(C(C)=O)cn12. The molecule has 4 heterocycles. The van der Waals surface area contributed by atoms with E-state index in [2.05, 4.69) is 21.9 Å². The summed E-state index contributed by atoms with van der Waals surface area (Å²) in [7, 11) is 0. The van der Waals surface area contributed by atoms with Gasteiger partial charge in [0.05, 0.1) is 12.2 Å². The number of fused-ring (bicyclic) bond motifs is 1. The maximum absolute atomic E-state index is 11.7. The summed E-state index contributed by atoms with van der Waals surface area (Å²) in [5.41, 5.74) is 3.54.